The fourth-order valence-corrected chi connectivity index (χ4v) is 4.09. The number of carbonyl (C=O) groups excluding carboxylic acids is 1. The van der Waals surface area contributed by atoms with Gasteiger partial charge in [-0.15, -0.1) is 5.10 Å². The third kappa shape index (κ3) is 5.88. The average molecular weight is 527 g/mol. The summed E-state index contributed by atoms with van der Waals surface area (Å²) in [6.45, 7) is 0. The monoisotopic (exact) mass is 525 g/mol. The molecule has 1 aliphatic rings. The van der Waals surface area contributed by atoms with Crippen LogP contribution in [0.3, 0.4) is 0 Å². The lowest BCUT2D eigenvalue weighted by molar-refractivity contribution is -0.143. The van der Waals surface area contributed by atoms with Crippen molar-refractivity contribution in [1.82, 2.24) is 15.2 Å². The van der Waals surface area contributed by atoms with Crippen LogP contribution in [0.2, 0.25) is 15.1 Å². The number of carboxylic acids is 1. The number of aromatic nitrogens is 3. The number of carboxylic acid groups (broad SMARTS) is 1. The van der Waals surface area contributed by atoms with E-state index in [0.717, 1.165) is 0 Å². The number of halogens is 3. The van der Waals surface area contributed by atoms with Gasteiger partial charge in [0.1, 0.15) is 11.1 Å². The number of nitrogens with one attached hydrogen (secondary N) is 2. The second-order valence-corrected chi connectivity index (χ2v) is 8.81. The van der Waals surface area contributed by atoms with Crippen molar-refractivity contribution < 1.29 is 23.8 Å². The number of hydrogen-bond donors (Lipinski definition) is 3. The van der Waals surface area contributed by atoms with Gasteiger partial charge in [-0.2, -0.15) is 0 Å². The van der Waals surface area contributed by atoms with Crippen LogP contribution < -0.4 is 15.4 Å². The number of aliphatic carboxylic acids is 1. The third-order valence-electron chi connectivity index (χ3n) is 5.16. The van der Waals surface area contributed by atoms with Gasteiger partial charge in [0.2, 0.25) is 5.88 Å². The number of amides is 1. The van der Waals surface area contributed by atoms with Crippen molar-refractivity contribution in [2.24, 2.45) is 5.92 Å². The fraction of sp³-hybridized carbons (Fsp3) is 0.286. The van der Waals surface area contributed by atoms with E-state index >= 15 is 0 Å². The van der Waals surface area contributed by atoms with Crippen LogP contribution in [0.25, 0.3) is 0 Å². The van der Waals surface area contributed by atoms with Crippen molar-refractivity contribution in [1.29, 1.82) is 0 Å². The van der Waals surface area contributed by atoms with Crippen LogP contribution in [0.4, 0.5) is 17.4 Å². The van der Waals surface area contributed by atoms with Gasteiger partial charge in [0, 0.05) is 5.02 Å². The van der Waals surface area contributed by atoms with Crippen molar-refractivity contribution >= 4 is 64.1 Å². The van der Waals surface area contributed by atoms with Gasteiger partial charge in [-0.25, -0.2) is 4.98 Å². The van der Waals surface area contributed by atoms with Crippen LogP contribution in [0.5, 0.6) is 5.88 Å². The molecule has 1 saturated carbocycles. The van der Waals surface area contributed by atoms with E-state index in [9.17, 15) is 9.59 Å². The largest absolute Gasteiger partial charge is 0.481 e. The van der Waals surface area contributed by atoms with E-state index in [0.29, 0.717) is 47.1 Å². The molecule has 2 aromatic heterocycles. The zero-order valence-corrected chi connectivity index (χ0v) is 19.7. The van der Waals surface area contributed by atoms with Crippen LogP contribution in [0, 0.1) is 5.92 Å². The van der Waals surface area contributed by atoms with Crippen molar-refractivity contribution in [2.45, 2.75) is 31.8 Å². The number of hydrogen-bond acceptors (Lipinski definition) is 8. The molecule has 34 heavy (non-hydrogen) atoms. The Bertz CT molecular complexity index is 1210. The van der Waals surface area contributed by atoms with Gasteiger partial charge < -0.3 is 24.9 Å². The first-order valence-corrected chi connectivity index (χ1v) is 11.3. The molecule has 178 valence electrons. The molecule has 0 spiro atoms. The molecule has 3 aromatic rings. The Morgan fingerprint density at radius 2 is 1.82 bits per heavy atom. The van der Waals surface area contributed by atoms with Gasteiger partial charge >= 0.3 is 23.8 Å². The number of benzene rings is 1. The Kier molecular flexibility index (Phi) is 7.40. The molecule has 0 atom stereocenters. The van der Waals surface area contributed by atoms with Gasteiger partial charge in [0.25, 0.3) is 0 Å². The Morgan fingerprint density at radius 3 is 2.50 bits per heavy atom. The molecule has 0 aliphatic heterocycles. The summed E-state index contributed by atoms with van der Waals surface area (Å²) in [5.74, 6) is -1.87. The van der Waals surface area contributed by atoms with Gasteiger partial charge in [-0.1, -0.05) is 39.9 Å². The Hall–Kier alpha value is -3.08. The van der Waals surface area contributed by atoms with Gasteiger partial charge in [-0.05, 0) is 49.9 Å². The number of ether oxygens (including phenoxy) is 1. The van der Waals surface area contributed by atoms with Gasteiger partial charge in [-0.3, -0.25) is 9.59 Å². The SMILES string of the molecule is O=C(Nc1cnc(O[C@H]2CC[C@@H](C(=O)O)CC2)c(Cl)c1)c1nnc(Nc2ccc(Cl)cc2Cl)o1. The minimum atomic E-state index is -0.785. The van der Waals surface area contributed by atoms with E-state index in [1.807, 2.05) is 0 Å². The normalized spacial score (nSPS) is 17.7. The zero-order chi connectivity index (χ0) is 24.2. The summed E-state index contributed by atoms with van der Waals surface area (Å²) in [5.41, 5.74) is 0.773. The predicted molar refractivity (Wildman–Crippen MR) is 125 cm³/mol. The van der Waals surface area contributed by atoms with Crippen LogP contribution in [-0.4, -0.2) is 38.3 Å². The molecule has 1 aromatic carbocycles. The second kappa shape index (κ2) is 10.5. The summed E-state index contributed by atoms with van der Waals surface area (Å²) >= 11 is 18.2. The van der Waals surface area contributed by atoms with E-state index in [-0.39, 0.29) is 34.8 Å². The molecular weight excluding hydrogens is 509 g/mol. The van der Waals surface area contributed by atoms with Crippen LogP contribution in [0.1, 0.15) is 36.4 Å². The number of nitrogens with zero attached hydrogens (tertiary/aromatic N) is 3. The predicted octanol–water partition coefficient (Wildman–Crippen LogP) is 5.44. The fourth-order valence-electron chi connectivity index (χ4n) is 3.42. The summed E-state index contributed by atoms with van der Waals surface area (Å²) in [7, 11) is 0. The first-order valence-electron chi connectivity index (χ1n) is 10.2. The molecule has 3 N–H and O–H groups in total. The van der Waals surface area contributed by atoms with Crippen molar-refractivity contribution in [3.8, 4) is 5.88 Å². The van der Waals surface area contributed by atoms with E-state index in [2.05, 4.69) is 25.8 Å². The highest BCUT2D eigenvalue weighted by Gasteiger charge is 2.27. The van der Waals surface area contributed by atoms with Crippen LogP contribution in [-0.2, 0) is 4.79 Å². The Morgan fingerprint density at radius 1 is 1.06 bits per heavy atom. The quantitative estimate of drug-likeness (QED) is 0.367. The smallest absolute Gasteiger partial charge is 0.320 e. The summed E-state index contributed by atoms with van der Waals surface area (Å²) < 4.78 is 11.1. The molecule has 1 fully saturated rings. The number of anilines is 3. The summed E-state index contributed by atoms with van der Waals surface area (Å²) in [4.78, 5) is 27.7. The topological polar surface area (TPSA) is 139 Å². The van der Waals surface area contributed by atoms with Crippen LogP contribution in [0.15, 0.2) is 34.9 Å². The molecule has 1 aliphatic carbocycles. The van der Waals surface area contributed by atoms with Gasteiger partial charge in [0.05, 0.1) is 28.5 Å². The molecule has 13 heteroatoms. The van der Waals surface area contributed by atoms with Crippen molar-refractivity contribution in [3.05, 3.63) is 51.4 Å². The molecule has 0 unspecified atom stereocenters. The first-order chi connectivity index (χ1) is 16.3. The summed E-state index contributed by atoms with van der Waals surface area (Å²) in [6.07, 6.45) is 3.49. The van der Waals surface area contributed by atoms with Crippen molar-refractivity contribution in [2.75, 3.05) is 10.6 Å². The number of carbonyl (C=O) groups is 2. The zero-order valence-electron chi connectivity index (χ0n) is 17.4. The molecule has 2 heterocycles. The van der Waals surface area contributed by atoms with E-state index in [1.165, 1.54) is 12.3 Å². The minimum Gasteiger partial charge on any atom is -0.481 e. The lowest BCUT2D eigenvalue weighted by Gasteiger charge is -2.26. The Labute approximate surface area is 208 Å². The number of pyridine rings is 1. The lowest BCUT2D eigenvalue weighted by atomic mass is 9.87. The standard InChI is InChI=1S/C21H18Cl3N5O5/c22-11-3-6-16(14(23)7-11)27-21-29-28-19(34-21)17(30)26-12-8-15(24)18(25-9-12)33-13-4-1-10(2-5-13)20(31)32/h3,6-10,13H,1-2,4-5H2,(H,26,30)(H,27,29)(H,31,32)/t10-,13+. The Balaban J connectivity index is 1.34. The first kappa shape index (κ1) is 24.1. The minimum absolute atomic E-state index is 0.0353. The van der Waals surface area contributed by atoms with E-state index < -0.39 is 11.9 Å². The molecule has 1 amide bonds. The highest BCUT2D eigenvalue weighted by atomic mass is 35.5. The third-order valence-corrected chi connectivity index (χ3v) is 5.98. The van der Waals surface area contributed by atoms with Crippen molar-refractivity contribution in [3.63, 3.8) is 0 Å². The lowest BCUT2D eigenvalue weighted by Crippen LogP contribution is -2.28. The van der Waals surface area contributed by atoms with E-state index in [1.54, 1.807) is 18.2 Å². The maximum absolute atomic E-state index is 12.5. The van der Waals surface area contributed by atoms with Crippen LogP contribution >= 0.6 is 34.8 Å². The molecule has 0 bridgehead atoms. The highest BCUT2D eigenvalue weighted by Crippen LogP contribution is 2.31. The highest BCUT2D eigenvalue weighted by molar-refractivity contribution is 6.36. The van der Waals surface area contributed by atoms with Gasteiger partial charge in [0.15, 0.2) is 0 Å². The average Bonchev–Trinajstić information content (AvgIpc) is 3.27. The molecule has 0 saturated heterocycles. The summed E-state index contributed by atoms with van der Waals surface area (Å²) in [5, 5.41) is 23.0. The maximum Gasteiger partial charge on any atom is 0.320 e. The molecule has 10 nitrogen and oxygen atoms in total. The van der Waals surface area contributed by atoms with E-state index in [4.69, 9.17) is 49.1 Å². The second-order valence-electron chi connectivity index (χ2n) is 7.56. The molecule has 0 radical (unpaired) electrons. The summed E-state index contributed by atoms with van der Waals surface area (Å²) in [6, 6.07) is 6.25. The number of rotatable bonds is 7. The maximum atomic E-state index is 12.5. The molecular formula is C21H18Cl3N5O5. The molecule has 4 rings (SSSR count).